The van der Waals surface area contributed by atoms with Gasteiger partial charge >= 0.3 is 0 Å². The molecular weight excluding hydrogens is 488 g/mol. The zero-order valence-electron chi connectivity index (χ0n) is 22.7. The number of hydrogen-bond donors (Lipinski definition) is 4. The molecule has 4 aromatic rings. The third kappa shape index (κ3) is 6.68. The van der Waals surface area contributed by atoms with Crippen molar-refractivity contribution in [3.05, 3.63) is 89.6 Å². The summed E-state index contributed by atoms with van der Waals surface area (Å²) in [5.74, 6) is 0.273. The first-order chi connectivity index (χ1) is 19.0. The second kappa shape index (κ2) is 12.5. The second-order valence-electron chi connectivity index (χ2n) is 10.5. The van der Waals surface area contributed by atoms with Crippen molar-refractivity contribution in [2.75, 3.05) is 32.8 Å². The summed E-state index contributed by atoms with van der Waals surface area (Å²) < 4.78 is 6.02. The fourth-order valence-electron chi connectivity index (χ4n) is 5.21. The number of benzene rings is 3. The number of aromatic amines is 1. The Morgan fingerprint density at radius 1 is 1.03 bits per heavy atom. The first kappa shape index (κ1) is 26.9. The van der Waals surface area contributed by atoms with Crippen LogP contribution in [-0.2, 0) is 13.0 Å². The molecule has 0 unspecified atom stereocenters. The molecule has 7 heteroatoms. The van der Waals surface area contributed by atoms with Gasteiger partial charge in [0.05, 0.1) is 24.3 Å². The van der Waals surface area contributed by atoms with Crippen LogP contribution in [0.4, 0.5) is 0 Å². The number of nitrogens with zero attached hydrogens (tertiary/aromatic N) is 1. The Morgan fingerprint density at radius 3 is 2.62 bits per heavy atom. The number of amides is 1. The third-order valence-electron chi connectivity index (χ3n) is 7.16. The van der Waals surface area contributed by atoms with Crippen molar-refractivity contribution in [1.29, 1.82) is 0 Å². The minimum Gasteiger partial charge on any atom is -0.490 e. The predicted octanol–water partition coefficient (Wildman–Crippen LogP) is 4.36. The van der Waals surface area contributed by atoms with E-state index in [1.54, 1.807) is 0 Å². The van der Waals surface area contributed by atoms with Gasteiger partial charge in [0.25, 0.3) is 5.91 Å². The molecular formula is C32H38N4O3. The summed E-state index contributed by atoms with van der Waals surface area (Å²) in [6.45, 7) is 8.75. The standard InChI is InChI=1S/C32H38N4O3/c1-22(2)39-31-11-10-25(24-7-5-6-23(16-24)20-36-14-12-33-13-15-36)18-29(31)32(38)35-27(21-37)17-26-19-34-30-9-4-3-8-28(26)30/h3-11,16,18-19,22,27,33-34,37H,12-15,17,20-21H2,1-2H3,(H,35,38)/t27-/m1/s1. The van der Waals surface area contributed by atoms with Crippen molar-refractivity contribution in [2.45, 2.75) is 39.0 Å². The molecule has 39 heavy (non-hydrogen) atoms. The van der Waals surface area contributed by atoms with Crippen LogP contribution in [0.25, 0.3) is 22.0 Å². The van der Waals surface area contributed by atoms with Gasteiger partial charge in [0, 0.05) is 49.8 Å². The van der Waals surface area contributed by atoms with E-state index in [4.69, 9.17) is 4.74 Å². The fraction of sp³-hybridized carbons (Fsp3) is 0.344. The normalized spacial score (nSPS) is 15.0. The van der Waals surface area contributed by atoms with Crippen LogP contribution >= 0.6 is 0 Å². The number of ether oxygens (including phenoxy) is 1. The van der Waals surface area contributed by atoms with Gasteiger partial charge in [0.15, 0.2) is 0 Å². The molecule has 1 aromatic heterocycles. The van der Waals surface area contributed by atoms with E-state index in [1.165, 1.54) is 5.56 Å². The van der Waals surface area contributed by atoms with Crippen molar-refractivity contribution in [2.24, 2.45) is 0 Å². The maximum Gasteiger partial charge on any atom is 0.255 e. The number of carbonyl (C=O) groups is 1. The zero-order chi connectivity index (χ0) is 27.2. The maximum atomic E-state index is 13.6. The number of carbonyl (C=O) groups excluding carboxylic acids is 1. The number of rotatable bonds is 10. The van der Waals surface area contributed by atoms with Crippen LogP contribution in [0.2, 0.25) is 0 Å². The SMILES string of the molecule is CC(C)Oc1ccc(-c2cccc(CN3CCNCC3)c2)cc1C(=O)N[C@@H](CO)Cc1c[nH]c2ccccc12. The highest BCUT2D eigenvalue weighted by Crippen LogP contribution is 2.29. The summed E-state index contributed by atoms with van der Waals surface area (Å²) in [7, 11) is 0. The average Bonchev–Trinajstić information content (AvgIpc) is 3.36. The van der Waals surface area contributed by atoms with Crippen LogP contribution < -0.4 is 15.4 Å². The molecule has 1 fully saturated rings. The Bertz CT molecular complexity index is 1410. The molecule has 0 saturated carbocycles. The molecule has 204 valence electrons. The molecule has 1 atom stereocenters. The van der Waals surface area contributed by atoms with Crippen LogP contribution in [0.1, 0.15) is 35.3 Å². The number of fused-ring (bicyclic) bond motifs is 1. The number of piperazine rings is 1. The van der Waals surface area contributed by atoms with Crippen LogP contribution in [0.15, 0.2) is 72.9 Å². The van der Waals surface area contributed by atoms with E-state index in [9.17, 15) is 9.90 Å². The lowest BCUT2D eigenvalue weighted by atomic mass is 9.99. The number of para-hydroxylation sites is 1. The van der Waals surface area contributed by atoms with E-state index < -0.39 is 6.04 Å². The average molecular weight is 527 g/mol. The molecule has 2 heterocycles. The molecule has 1 aliphatic rings. The number of aliphatic hydroxyl groups is 1. The lowest BCUT2D eigenvalue weighted by Crippen LogP contribution is -2.42. The molecule has 5 rings (SSSR count). The van der Waals surface area contributed by atoms with Gasteiger partial charge in [0.2, 0.25) is 0 Å². The third-order valence-corrected chi connectivity index (χ3v) is 7.16. The van der Waals surface area contributed by atoms with Crippen LogP contribution in [-0.4, -0.2) is 65.8 Å². The van der Waals surface area contributed by atoms with Crippen molar-refractivity contribution >= 4 is 16.8 Å². The van der Waals surface area contributed by atoms with Crippen molar-refractivity contribution in [1.82, 2.24) is 20.5 Å². The Balaban J connectivity index is 1.37. The molecule has 1 saturated heterocycles. The van der Waals surface area contributed by atoms with Gasteiger partial charge in [0.1, 0.15) is 5.75 Å². The molecule has 3 aromatic carbocycles. The van der Waals surface area contributed by atoms with Gasteiger partial charge in [-0.2, -0.15) is 0 Å². The monoisotopic (exact) mass is 526 g/mol. The van der Waals surface area contributed by atoms with Crippen LogP contribution in [0.3, 0.4) is 0 Å². The summed E-state index contributed by atoms with van der Waals surface area (Å²) in [4.78, 5) is 19.3. The largest absolute Gasteiger partial charge is 0.490 e. The molecule has 0 bridgehead atoms. The first-order valence-corrected chi connectivity index (χ1v) is 13.8. The molecule has 7 nitrogen and oxygen atoms in total. The summed E-state index contributed by atoms with van der Waals surface area (Å²) in [5, 5.41) is 17.7. The lowest BCUT2D eigenvalue weighted by Gasteiger charge is -2.27. The smallest absolute Gasteiger partial charge is 0.255 e. The maximum absolute atomic E-state index is 13.6. The van der Waals surface area contributed by atoms with E-state index in [1.807, 2.05) is 62.5 Å². The van der Waals surface area contributed by atoms with Crippen LogP contribution in [0.5, 0.6) is 5.75 Å². The van der Waals surface area contributed by atoms with Gasteiger partial charge in [-0.3, -0.25) is 9.69 Å². The summed E-state index contributed by atoms with van der Waals surface area (Å²) in [6.07, 6.45) is 2.38. The molecule has 1 aliphatic heterocycles. The summed E-state index contributed by atoms with van der Waals surface area (Å²) in [6, 6.07) is 21.9. The van der Waals surface area contributed by atoms with E-state index in [0.717, 1.165) is 60.3 Å². The van der Waals surface area contributed by atoms with Gasteiger partial charge < -0.3 is 25.5 Å². The minimum absolute atomic E-state index is 0.0791. The zero-order valence-corrected chi connectivity index (χ0v) is 22.7. The Labute approximate surface area is 230 Å². The van der Waals surface area contributed by atoms with Crippen LogP contribution in [0, 0.1) is 0 Å². The summed E-state index contributed by atoms with van der Waals surface area (Å²) in [5.41, 5.74) is 5.82. The molecule has 0 aliphatic carbocycles. The topological polar surface area (TPSA) is 89.6 Å². The highest BCUT2D eigenvalue weighted by Gasteiger charge is 2.20. The molecule has 1 amide bonds. The number of aliphatic hydroxyl groups excluding tert-OH is 1. The Kier molecular flexibility index (Phi) is 8.61. The summed E-state index contributed by atoms with van der Waals surface area (Å²) >= 11 is 0. The Morgan fingerprint density at radius 2 is 1.82 bits per heavy atom. The lowest BCUT2D eigenvalue weighted by molar-refractivity contribution is 0.0910. The van der Waals surface area contributed by atoms with Gasteiger partial charge in [-0.1, -0.05) is 42.5 Å². The van der Waals surface area contributed by atoms with Gasteiger partial charge in [-0.15, -0.1) is 0 Å². The van der Waals surface area contributed by atoms with Gasteiger partial charge in [-0.25, -0.2) is 0 Å². The first-order valence-electron chi connectivity index (χ1n) is 13.8. The second-order valence-corrected chi connectivity index (χ2v) is 10.5. The number of nitrogens with one attached hydrogen (secondary N) is 3. The fourth-order valence-corrected chi connectivity index (χ4v) is 5.21. The van der Waals surface area contributed by atoms with E-state index in [0.29, 0.717) is 17.7 Å². The number of H-pyrrole nitrogens is 1. The van der Waals surface area contributed by atoms with Crippen molar-refractivity contribution in [3.63, 3.8) is 0 Å². The van der Waals surface area contributed by atoms with E-state index in [2.05, 4.69) is 44.8 Å². The predicted molar refractivity (Wildman–Crippen MR) is 156 cm³/mol. The molecule has 0 spiro atoms. The number of aromatic nitrogens is 1. The molecule has 4 N–H and O–H groups in total. The minimum atomic E-state index is -0.436. The molecule has 0 radical (unpaired) electrons. The van der Waals surface area contributed by atoms with Crippen molar-refractivity contribution in [3.8, 4) is 16.9 Å². The van der Waals surface area contributed by atoms with Gasteiger partial charge in [-0.05, 0) is 66.8 Å². The number of hydrogen-bond acceptors (Lipinski definition) is 5. The van der Waals surface area contributed by atoms with E-state index >= 15 is 0 Å². The highest BCUT2D eigenvalue weighted by molar-refractivity contribution is 5.98. The highest BCUT2D eigenvalue weighted by atomic mass is 16.5. The van der Waals surface area contributed by atoms with E-state index in [-0.39, 0.29) is 18.6 Å². The quantitative estimate of drug-likeness (QED) is 0.247. The Hall–Kier alpha value is -3.65. The van der Waals surface area contributed by atoms with Crippen molar-refractivity contribution < 1.29 is 14.6 Å².